The van der Waals surface area contributed by atoms with Crippen LogP contribution in [0.3, 0.4) is 0 Å². The van der Waals surface area contributed by atoms with Crippen molar-refractivity contribution in [3.8, 4) is 0 Å². The Bertz CT molecular complexity index is 1180. The molecule has 0 saturated heterocycles. The number of nitrogens with one attached hydrogen (secondary N) is 2. The molecule has 10 heteroatoms. The van der Waals surface area contributed by atoms with Gasteiger partial charge in [0.05, 0.1) is 22.9 Å². The summed E-state index contributed by atoms with van der Waals surface area (Å²) in [6, 6.07) is 11.4. The second-order valence-corrected chi connectivity index (χ2v) is 11.5. The second-order valence-electron chi connectivity index (χ2n) is 8.11. The van der Waals surface area contributed by atoms with Gasteiger partial charge in [-0.2, -0.15) is 4.72 Å². The van der Waals surface area contributed by atoms with Gasteiger partial charge in [0.15, 0.2) is 0 Å². The lowest BCUT2D eigenvalue weighted by molar-refractivity contribution is -0.150. The third-order valence-corrected chi connectivity index (χ3v) is 8.75. The van der Waals surface area contributed by atoms with Gasteiger partial charge >= 0.3 is 5.97 Å². The molecular weight excluding hydrogens is 452 g/mol. The summed E-state index contributed by atoms with van der Waals surface area (Å²) in [6.45, 7) is 3.67. The molecule has 0 amide bonds. The number of ether oxygens (including phenoxy) is 1. The standard InChI is InChI=1S/C22H28N2O6S2/c1-16-7-11-18(12-8-16)31(26,27)23-20-6-4-5-15-22(20,21(25)30-3)24-32(28,29)19-13-9-17(2)10-14-19/h7-14,20,23-24H,4-6,15H2,1-3H3/t20-,22+/m0/s1. The Balaban J connectivity index is 2.00. The van der Waals surface area contributed by atoms with E-state index in [1.165, 1.54) is 24.3 Å². The molecule has 1 saturated carbocycles. The summed E-state index contributed by atoms with van der Waals surface area (Å²) in [7, 11) is -6.99. The highest BCUT2D eigenvalue weighted by atomic mass is 32.2. The van der Waals surface area contributed by atoms with E-state index in [0.717, 1.165) is 18.2 Å². The van der Waals surface area contributed by atoms with Crippen molar-refractivity contribution in [2.45, 2.75) is 60.9 Å². The highest BCUT2D eigenvalue weighted by Gasteiger charge is 2.52. The molecule has 0 aromatic heterocycles. The number of benzene rings is 2. The summed E-state index contributed by atoms with van der Waals surface area (Å²) in [5.41, 5.74) is 0.0125. The number of carbonyl (C=O) groups excluding carboxylic acids is 1. The smallest absolute Gasteiger partial charge is 0.328 e. The van der Waals surface area contributed by atoms with Crippen LogP contribution in [0, 0.1) is 13.8 Å². The topological polar surface area (TPSA) is 119 Å². The van der Waals surface area contributed by atoms with Crippen LogP contribution < -0.4 is 9.44 Å². The van der Waals surface area contributed by atoms with Crippen molar-refractivity contribution < 1.29 is 26.4 Å². The van der Waals surface area contributed by atoms with E-state index in [1.54, 1.807) is 24.3 Å². The molecule has 0 heterocycles. The molecule has 1 aliphatic rings. The fourth-order valence-electron chi connectivity index (χ4n) is 3.91. The van der Waals surface area contributed by atoms with Gasteiger partial charge in [-0.25, -0.2) is 26.4 Å². The Hall–Kier alpha value is -2.27. The van der Waals surface area contributed by atoms with Gasteiger partial charge in [0.25, 0.3) is 0 Å². The number of methoxy groups -OCH3 is 1. The molecule has 2 N–H and O–H groups in total. The number of hydrogen-bond acceptors (Lipinski definition) is 6. The first-order valence-corrected chi connectivity index (χ1v) is 13.2. The first kappa shape index (κ1) is 24.4. The minimum absolute atomic E-state index is 0.0166. The van der Waals surface area contributed by atoms with E-state index in [1.807, 2.05) is 13.8 Å². The van der Waals surface area contributed by atoms with Gasteiger partial charge in [0, 0.05) is 0 Å². The summed E-state index contributed by atoms with van der Waals surface area (Å²) in [5, 5.41) is 0. The van der Waals surface area contributed by atoms with Gasteiger partial charge in [-0.3, -0.25) is 0 Å². The Morgan fingerprint density at radius 2 is 1.38 bits per heavy atom. The lowest BCUT2D eigenvalue weighted by Crippen LogP contribution is -2.67. The maximum Gasteiger partial charge on any atom is 0.328 e. The summed E-state index contributed by atoms with van der Waals surface area (Å²) >= 11 is 0. The van der Waals surface area contributed by atoms with E-state index in [2.05, 4.69) is 9.44 Å². The predicted octanol–water partition coefficient (Wildman–Crippen LogP) is 2.41. The van der Waals surface area contributed by atoms with Crippen molar-refractivity contribution in [1.82, 2.24) is 9.44 Å². The Morgan fingerprint density at radius 1 is 0.875 bits per heavy atom. The van der Waals surface area contributed by atoms with E-state index in [-0.39, 0.29) is 22.6 Å². The number of aryl methyl sites for hydroxylation is 2. The van der Waals surface area contributed by atoms with Crippen molar-refractivity contribution in [3.05, 3.63) is 59.7 Å². The third kappa shape index (κ3) is 5.03. The molecule has 2 aromatic carbocycles. The molecule has 0 aliphatic heterocycles. The van der Waals surface area contributed by atoms with Gasteiger partial charge < -0.3 is 4.74 Å². The monoisotopic (exact) mass is 480 g/mol. The van der Waals surface area contributed by atoms with Crippen LogP contribution in [0.15, 0.2) is 58.3 Å². The van der Waals surface area contributed by atoms with Gasteiger partial charge in [-0.1, -0.05) is 48.2 Å². The number of rotatable bonds is 7. The van der Waals surface area contributed by atoms with Crippen LogP contribution in [0.4, 0.5) is 0 Å². The van der Waals surface area contributed by atoms with Crippen LogP contribution in [-0.2, 0) is 29.6 Å². The predicted molar refractivity (Wildman–Crippen MR) is 120 cm³/mol. The van der Waals surface area contributed by atoms with Gasteiger partial charge in [0.1, 0.15) is 5.54 Å². The summed E-state index contributed by atoms with van der Waals surface area (Å²) in [6.07, 6.45) is 1.54. The zero-order valence-corrected chi connectivity index (χ0v) is 19.9. The van der Waals surface area contributed by atoms with Crippen molar-refractivity contribution in [1.29, 1.82) is 0 Å². The zero-order chi connectivity index (χ0) is 23.6. The van der Waals surface area contributed by atoms with Crippen LogP contribution >= 0.6 is 0 Å². The van der Waals surface area contributed by atoms with Crippen molar-refractivity contribution in [2.75, 3.05) is 7.11 Å². The lowest BCUT2D eigenvalue weighted by Gasteiger charge is -2.41. The number of sulfonamides is 2. The molecular formula is C22H28N2O6S2. The van der Waals surface area contributed by atoms with Crippen molar-refractivity contribution >= 4 is 26.0 Å². The third-order valence-electron chi connectivity index (χ3n) is 5.73. The largest absolute Gasteiger partial charge is 0.468 e. The van der Waals surface area contributed by atoms with Gasteiger partial charge in [-0.05, 0) is 51.0 Å². The normalized spacial score (nSPS) is 21.8. The van der Waals surface area contributed by atoms with Crippen molar-refractivity contribution in [2.24, 2.45) is 0 Å². The Labute approximate surface area is 189 Å². The molecule has 3 rings (SSSR count). The van der Waals surface area contributed by atoms with E-state index in [0.29, 0.717) is 12.8 Å². The van der Waals surface area contributed by atoms with Crippen LogP contribution in [0.25, 0.3) is 0 Å². The van der Waals surface area contributed by atoms with Gasteiger partial charge in [-0.15, -0.1) is 0 Å². The maximum atomic E-state index is 13.2. The molecule has 0 bridgehead atoms. The van der Waals surface area contributed by atoms with Crippen molar-refractivity contribution in [3.63, 3.8) is 0 Å². The number of esters is 1. The number of carbonyl (C=O) groups is 1. The van der Waals surface area contributed by atoms with E-state index in [4.69, 9.17) is 4.74 Å². The molecule has 174 valence electrons. The molecule has 2 aromatic rings. The van der Waals surface area contributed by atoms with Gasteiger partial charge in [0.2, 0.25) is 20.0 Å². The average Bonchev–Trinajstić information content (AvgIpc) is 2.75. The molecule has 0 unspecified atom stereocenters. The second kappa shape index (κ2) is 9.30. The van der Waals surface area contributed by atoms with Crippen LogP contribution in [0.2, 0.25) is 0 Å². The van der Waals surface area contributed by atoms with Crippen LogP contribution in [0.5, 0.6) is 0 Å². The quantitative estimate of drug-likeness (QED) is 0.588. The SMILES string of the molecule is COC(=O)[C@@]1(NS(=O)(=O)c2ccc(C)cc2)CCCC[C@@H]1NS(=O)(=O)c1ccc(C)cc1. The fourth-order valence-corrected chi connectivity index (χ4v) is 6.66. The highest BCUT2D eigenvalue weighted by Crippen LogP contribution is 2.33. The summed E-state index contributed by atoms with van der Waals surface area (Å²) in [5.74, 6) is -0.829. The van der Waals surface area contributed by atoms with E-state index in [9.17, 15) is 21.6 Å². The molecule has 1 fully saturated rings. The maximum absolute atomic E-state index is 13.2. The molecule has 32 heavy (non-hydrogen) atoms. The van der Waals surface area contributed by atoms with Crippen LogP contribution in [0.1, 0.15) is 36.8 Å². The van der Waals surface area contributed by atoms with E-state index < -0.39 is 37.6 Å². The highest BCUT2D eigenvalue weighted by molar-refractivity contribution is 7.90. The summed E-state index contributed by atoms with van der Waals surface area (Å²) in [4.78, 5) is 13.0. The van der Waals surface area contributed by atoms with Crippen LogP contribution in [-0.4, -0.2) is 41.5 Å². The summed E-state index contributed by atoms with van der Waals surface area (Å²) < 4.78 is 62.4. The number of hydrogen-bond donors (Lipinski definition) is 2. The minimum atomic E-state index is -4.13. The molecule has 8 nitrogen and oxygen atoms in total. The zero-order valence-electron chi connectivity index (χ0n) is 18.3. The first-order chi connectivity index (χ1) is 15.0. The molecule has 0 spiro atoms. The molecule has 0 radical (unpaired) electrons. The first-order valence-electron chi connectivity index (χ1n) is 10.3. The minimum Gasteiger partial charge on any atom is -0.468 e. The molecule has 2 atom stereocenters. The Kier molecular flexibility index (Phi) is 7.09. The fraction of sp³-hybridized carbons (Fsp3) is 0.409. The average molecular weight is 481 g/mol. The van der Waals surface area contributed by atoms with E-state index >= 15 is 0 Å². The molecule has 1 aliphatic carbocycles. The Morgan fingerprint density at radius 3 is 1.88 bits per heavy atom. The lowest BCUT2D eigenvalue weighted by atomic mass is 9.78.